The van der Waals surface area contributed by atoms with E-state index in [1.54, 1.807) is 11.8 Å². The molecule has 0 aromatic heterocycles. The Morgan fingerprint density at radius 3 is 2.57 bits per heavy atom. The van der Waals surface area contributed by atoms with Crippen LogP contribution in [0, 0.1) is 0 Å². The highest BCUT2D eigenvalue weighted by Gasteiger charge is 2.14. The van der Waals surface area contributed by atoms with Crippen LogP contribution in [-0.2, 0) is 0 Å². The van der Waals surface area contributed by atoms with Crippen molar-refractivity contribution in [2.75, 3.05) is 5.75 Å². The second kappa shape index (κ2) is 7.70. The number of benzene rings is 2. The van der Waals surface area contributed by atoms with Crippen LogP contribution in [0.1, 0.15) is 28.9 Å². The molecule has 1 N–H and O–H groups in total. The molecule has 0 heterocycles. The summed E-state index contributed by atoms with van der Waals surface area (Å²) >= 11 is 1.62. The molecular formula is C18H19NOS. The molecule has 0 aliphatic rings. The number of hydrogen-bond donors (Lipinski definition) is 1. The third kappa shape index (κ3) is 4.23. The van der Waals surface area contributed by atoms with Gasteiger partial charge in [-0.25, -0.2) is 0 Å². The van der Waals surface area contributed by atoms with Crippen LogP contribution in [0.25, 0.3) is 0 Å². The van der Waals surface area contributed by atoms with E-state index in [9.17, 15) is 4.79 Å². The molecule has 21 heavy (non-hydrogen) atoms. The van der Waals surface area contributed by atoms with E-state index in [2.05, 4.69) is 11.9 Å². The van der Waals surface area contributed by atoms with Crippen LogP contribution in [-0.4, -0.2) is 11.7 Å². The molecule has 2 rings (SSSR count). The second-order valence-corrected chi connectivity index (χ2v) is 5.76. The van der Waals surface area contributed by atoms with E-state index >= 15 is 0 Å². The van der Waals surface area contributed by atoms with Crippen molar-refractivity contribution in [1.82, 2.24) is 5.32 Å². The lowest BCUT2D eigenvalue weighted by Crippen LogP contribution is -2.27. The molecule has 1 atom stereocenters. The number of amides is 1. The molecule has 108 valence electrons. The molecule has 0 aliphatic heterocycles. The lowest BCUT2D eigenvalue weighted by atomic mass is 10.1. The smallest absolute Gasteiger partial charge is 0.252 e. The summed E-state index contributed by atoms with van der Waals surface area (Å²) in [6.07, 6.45) is 1.84. The van der Waals surface area contributed by atoms with Gasteiger partial charge in [-0.05, 0) is 24.6 Å². The molecule has 3 heteroatoms. The Morgan fingerprint density at radius 1 is 1.19 bits per heavy atom. The minimum Gasteiger partial charge on any atom is -0.345 e. The van der Waals surface area contributed by atoms with E-state index in [4.69, 9.17) is 0 Å². The summed E-state index contributed by atoms with van der Waals surface area (Å²) in [6, 6.07) is 17.6. The van der Waals surface area contributed by atoms with E-state index in [0.29, 0.717) is 5.56 Å². The van der Waals surface area contributed by atoms with E-state index in [0.717, 1.165) is 16.2 Å². The van der Waals surface area contributed by atoms with Gasteiger partial charge in [0.1, 0.15) is 0 Å². The maximum atomic E-state index is 12.5. The van der Waals surface area contributed by atoms with E-state index in [1.807, 2.05) is 67.6 Å². The number of carbonyl (C=O) groups is 1. The van der Waals surface area contributed by atoms with Gasteiger partial charge >= 0.3 is 0 Å². The summed E-state index contributed by atoms with van der Waals surface area (Å²) < 4.78 is 0. The fourth-order valence-corrected chi connectivity index (χ4v) is 2.82. The largest absolute Gasteiger partial charge is 0.345 e. The Balaban J connectivity index is 2.11. The molecule has 1 amide bonds. The van der Waals surface area contributed by atoms with Crippen molar-refractivity contribution < 1.29 is 4.79 Å². The van der Waals surface area contributed by atoms with Gasteiger partial charge in [0.25, 0.3) is 5.91 Å². The first-order valence-corrected chi connectivity index (χ1v) is 7.89. The van der Waals surface area contributed by atoms with Crippen molar-refractivity contribution in [3.8, 4) is 0 Å². The van der Waals surface area contributed by atoms with Crippen LogP contribution in [0.4, 0.5) is 0 Å². The highest BCUT2D eigenvalue weighted by Crippen LogP contribution is 2.23. The van der Waals surface area contributed by atoms with Crippen molar-refractivity contribution in [2.45, 2.75) is 17.9 Å². The number of nitrogens with one attached hydrogen (secondary N) is 1. The first-order valence-electron chi connectivity index (χ1n) is 6.91. The van der Waals surface area contributed by atoms with Gasteiger partial charge < -0.3 is 5.32 Å². The van der Waals surface area contributed by atoms with Crippen molar-refractivity contribution in [1.29, 1.82) is 0 Å². The molecule has 2 nitrogen and oxygen atoms in total. The summed E-state index contributed by atoms with van der Waals surface area (Å²) in [5.74, 6) is 0.747. The van der Waals surface area contributed by atoms with Gasteiger partial charge in [0.05, 0.1) is 11.6 Å². The lowest BCUT2D eigenvalue weighted by Gasteiger charge is -2.15. The second-order valence-electron chi connectivity index (χ2n) is 4.70. The number of rotatable bonds is 6. The molecular weight excluding hydrogens is 278 g/mol. The van der Waals surface area contributed by atoms with Crippen LogP contribution in [0.5, 0.6) is 0 Å². The molecule has 2 aromatic rings. The van der Waals surface area contributed by atoms with Gasteiger partial charge in [-0.3, -0.25) is 4.79 Å². The van der Waals surface area contributed by atoms with E-state index in [-0.39, 0.29) is 11.9 Å². The summed E-state index contributed by atoms with van der Waals surface area (Å²) in [5, 5.41) is 3.05. The van der Waals surface area contributed by atoms with Crippen molar-refractivity contribution in [3.63, 3.8) is 0 Å². The molecule has 2 aromatic carbocycles. The van der Waals surface area contributed by atoms with E-state index < -0.39 is 0 Å². The van der Waals surface area contributed by atoms with Gasteiger partial charge in [-0.2, -0.15) is 0 Å². The van der Waals surface area contributed by atoms with Gasteiger partial charge in [-0.1, -0.05) is 48.5 Å². The number of hydrogen-bond acceptors (Lipinski definition) is 2. The fourth-order valence-electron chi connectivity index (χ4n) is 2.03. The van der Waals surface area contributed by atoms with Gasteiger partial charge in [0.2, 0.25) is 0 Å². The van der Waals surface area contributed by atoms with Gasteiger partial charge in [0, 0.05) is 10.6 Å². The molecule has 1 unspecified atom stereocenters. The SMILES string of the molecule is C=CCSc1ccccc1C(=O)NC(C)c1ccccc1. The van der Waals surface area contributed by atoms with Crippen LogP contribution in [0.15, 0.2) is 72.1 Å². The zero-order chi connectivity index (χ0) is 15.1. The minimum absolute atomic E-state index is 0.0174. The molecule has 0 spiro atoms. The Kier molecular flexibility index (Phi) is 5.64. The van der Waals surface area contributed by atoms with Crippen molar-refractivity contribution in [2.24, 2.45) is 0 Å². The summed E-state index contributed by atoms with van der Waals surface area (Å²) in [5.41, 5.74) is 1.81. The third-order valence-corrected chi connectivity index (χ3v) is 4.20. The highest BCUT2D eigenvalue weighted by atomic mass is 32.2. The molecule has 0 saturated carbocycles. The van der Waals surface area contributed by atoms with E-state index in [1.165, 1.54) is 0 Å². The molecule has 0 bridgehead atoms. The summed E-state index contributed by atoms with van der Waals surface area (Å²) in [7, 11) is 0. The van der Waals surface area contributed by atoms with Crippen LogP contribution in [0.3, 0.4) is 0 Å². The topological polar surface area (TPSA) is 29.1 Å². The monoisotopic (exact) mass is 297 g/mol. The Hall–Kier alpha value is -2.00. The third-order valence-electron chi connectivity index (χ3n) is 3.14. The maximum absolute atomic E-state index is 12.5. The first kappa shape index (κ1) is 15.4. The summed E-state index contributed by atoms with van der Waals surface area (Å²) in [4.78, 5) is 13.4. The Bertz CT molecular complexity index is 610. The first-order chi connectivity index (χ1) is 10.2. The minimum atomic E-state index is -0.0430. The quantitative estimate of drug-likeness (QED) is 0.630. The highest BCUT2D eigenvalue weighted by molar-refractivity contribution is 7.99. The van der Waals surface area contributed by atoms with Gasteiger partial charge in [0.15, 0.2) is 0 Å². The maximum Gasteiger partial charge on any atom is 0.252 e. The zero-order valence-electron chi connectivity index (χ0n) is 12.1. The van der Waals surface area contributed by atoms with Crippen LogP contribution in [0.2, 0.25) is 0 Å². The molecule has 0 saturated heterocycles. The van der Waals surface area contributed by atoms with Crippen molar-refractivity contribution in [3.05, 3.63) is 78.4 Å². The predicted molar refractivity (Wildman–Crippen MR) is 89.7 cm³/mol. The van der Waals surface area contributed by atoms with Crippen LogP contribution >= 0.6 is 11.8 Å². The van der Waals surface area contributed by atoms with Crippen molar-refractivity contribution >= 4 is 17.7 Å². The molecule has 0 fully saturated rings. The fraction of sp³-hybridized carbons (Fsp3) is 0.167. The summed E-state index contributed by atoms with van der Waals surface area (Å²) in [6.45, 7) is 5.71. The predicted octanol–water partition coefficient (Wildman–Crippen LogP) is 4.46. The number of thioether (sulfide) groups is 1. The Labute approximate surface area is 130 Å². The van der Waals surface area contributed by atoms with Gasteiger partial charge in [-0.15, -0.1) is 18.3 Å². The average Bonchev–Trinajstić information content (AvgIpc) is 2.54. The average molecular weight is 297 g/mol. The zero-order valence-corrected chi connectivity index (χ0v) is 12.9. The molecule has 0 radical (unpaired) electrons. The van der Waals surface area contributed by atoms with Crippen LogP contribution < -0.4 is 5.32 Å². The normalized spacial score (nSPS) is 11.7. The Morgan fingerprint density at radius 2 is 1.86 bits per heavy atom. The molecule has 0 aliphatic carbocycles. The number of carbonyl (C=O) groups excluding carboxylic acids is 1. The standard InChI is InChI=1S/C18H19NOS/c1-3-13-21-17-12-8-7-11-16(17)18(20)19-14(2)15-9-5-4-6-10-15/h3-12,14H,1,13H2,2H3,(H,19,20). The lowest BCUT2D eigenvalue weighted by molar-refractivity contribution is 0.0937.